The first kappa shape index (κ1) is 23.1. The summed E-state index contributed by atoms with van der Waals surface area (Å²) in [5, 5.41) is 7.16. The molecule has 0 fully saturated rings. The number of amides is 1. The van der Waals surface area contributed by atoms with Gasteiger partial charge >= 0.3 is 12.1 Å². The summed E-state index contributed by atoms with van der Waals surface area (Å²) >= 11 is 0. The lowest BCUT2D eigenvalue weighted by Crippen LogP contribution is -2.32. The molecule has 168 valence electrons. The van der Waals surface area contributed by atoms with Gasteiger partial charge < -0.3 is 14.8 Å². The van der Waals surface area contributed by atoms with E-state index in [2.05, 4.69) is 10.4 Å². The Labute approximate surface area is 188 Å². The van der Waals surface area contributed by atoms with E-state index in [0.29, 0.717) is 18.7 Å². The molecule has 0 aliphatic heterocycles. The van der Waals surface area contributed by atoms with Gasteiger partial charge in [0.15, 0.2) is 0 Å². The second kappa shape index (κ2) is 9.68. The highest BCUT2D eigenvalue weighted by Gasteiger charge is 2.17. The van der Waals surface area contributed by atoms with Gasteiger partial charge in [-0.25, -0.2) is 14.3 Å². The summed E-state index contributed by atoms with van der Waals surface area (Å²) < 4.78 is 12.1. The summed E-state index contributed by atoms with van der Waals surface area (Å²) in [5.74, 6) is -0.377. The van der Waals surface area contributed by atoms with Crippen LogP contribution in [0.2, 0.25) is 0 Å². The van der Waals surface area contributed by atoms with E-state index in [1.54, 1.807) is 11.6 Å². The molecule has 0 aliphatic carbocycles. The molecule has 0 saturated carbocycles. The van der Waals surface area contributed by atoms with Gasteiger partial charge in [-0.05, 0) is 69.5 Å². The average molecular weight is 436 g/mol. The van der Waals surface area contributed by atoms with Crippen LogP contribution in [-0.2, 0) is 16.0 Å². The number of benzene rings is 2. The number of carbonyl (C=O) groups excluding carboxylic acids is 2. The number of rotatable bonds is 6. The molecule has 3 aromatic rings. The third-order valence-electron chi connectivity index (χ3n) is 4.69. The van der Waals surface area contributed by atoms with E-state index in [0.717, 1.165) is 28.1 Å². The van der Waals surface area contributed by atoms with Gasteiger partial charge in [-0.1, -0.05) is 30.3 Å². The highest BCUT2D eigenvalue weighted by atomic mass is 16.6. The Kier molecular flexibility index (Phi) is 6.98. The van der Waals surface area contributed by atoms with Crippen LogP contribution in [0, 0.1) is 6.92 Å². The van der Waals surface area contributed by atoms with Crippen molar-refractivity contribution in [3.05, 3.63) is 71.5 Å². The second-order valence-corrected chi connectivity index (χ2v) is 8.38. The maximum absolute atomic E-state index is 12.1. The van der Waals surface area contributed by atoms with Crippen LogP contribution >= 0.6 is 0 Å². The second-order valence-electron chi connectivity index (χ2n) is 8.38. The van der Waals surface area contributed by atoms with E-state index in [-0.39, 0.29) is 5.97 Å². The van der Waals surface area contributed by atoms with Gasteiger partial charge in [-0.3, -0.25) is 0 Å². The summed E-state index contributed by atoms with van der Waals surface area (Å²) in [6, 6.07) is 15.8. The minimum atomic E-state index is -0.538. The lowest BCUT2D eigenvalue weighted by Gasteiger charge is -2.19. The first-order chi connectivity index (χ1) is 15.2. The number of esters is 1. The first-order valence-electron chi connectivity index (χ1n) is 10.6. The summed E-state index contributed by atoms with van der Waals surface area (Å²) in [5.41, 5.74) is 4.43. The largest absolute Gasteiger partial charge is 0.462 e. The molecule has 0 saturated heterocycles. The molecular weight excluding hydrogens is 406 g/mol. The van der Waals surface area contributed by atoms with Crippen molar-refractivity contribution in [3.63, 3.8) is 0 Å². The molecule has 7 nitrogen and oxygen atoms in total. The van der Waals surface area contributed by atoms with Crippen LogP contribution in [-0.4, -0.2) is 34.1 Å². The van der Waals surface area contributed by atoms with Gasteiger partial charge in [0.2, 0.25) is 0 Å². The standard InChI is InChI=1S/C25H29N3O4/c1-6-31-23(29)22-16-27-28(17(22)2)21-12-8-11-20(14-21)19-10-7-9-18(13-19)15-26-24(30)32-25(3,4)5/h7-14,16H,6,15H2,1-5H3,(H,26,30). The molecule has 0 atom stereocenters. The van der Waals surface area contributed by atoms with Crippen LogP contribution in [0.25, 0.3) is 16.8 Å². The van der Waals surface area contributed by atoms with Crippen LogP contribution in [0.3, 0.4) is 0 Å². The van der Waals surface area contributed by atoms with E-state index in [1.807, 2.05) is 76.2 Å². The van der Waals surface area contributed by atoms with E-state index >= 15 is 0 Å². The van der Waals surface area contributed by atoms with E-state index < -0.39 is 11.7 Å². The highest BCUT2D eigenvalue weighted by molar-refractivity contribution is 5.90. The van der Waals surface area contributed by atoms with Gasteiger partial charge in [0, 0.05) is 6.54 Å². The maximum Gasteiger partial charge on any atom is 0.407 e. The van der Waals surface area contributed by atoms with Gasteiger partial charge in [-0.2, -0.15) is 5.10 Å². The SMILES string of the molecule is CCOC(=O)c1cnn(-c2cccc(-c3cccc(CNC(=O)OC(C)(C)C)c3)c2)c1C. The zero-order chi connectivity index (χ0) is 23.3. The number of hydrogen-bond donors (Lipinski definition) is 1. The minimum absolute atomic E-state index is 0.318. The third kappa shape index (κ3) is 5.75. The van der Waals surface area contributed by atoms with E-state index in [9.17, 15) is 9.59 Å². The average Bonchev–Trinajstić information content (AvgIpc) is 3.13. The van der Waals surface area contributed by atoms with Crippen LogP contribution < -0.4 is 5.32 Å². The monoisotopic (exact) mass is 435 g/mol. The number of hydrogen-bond acceptors (Lipinski definition) is 5. The molecule has 0 unspecified atom stereocenters. The van der Waals surface area contributed by atoms with Gasteiger partial charge in [0.05, 0.1) is 24.2 Å². The predicted octanol–water partition coefficient (Wildman–Crippen LogP) is 5.05. The minimum Gasteiger partial charge on any atom is -0.462 e. The molecule has 0 radical (unpaired) electrons. The Hall–Kier alpha value is -3.61. The van der Waals surface area contributed by atoms with Gasteiger partial charge in [0.1, 0.15) is 11.2 Å². The number of nitrogens with zero attached hydrogens (tertiary/aromatic N) is 2. The van der Waals surface area contributed by atoms with Crippen molar-refractivity contribution in [1.29, 1.82) is 0 Å². The summed E-state index contributed by atoms with van der Waals surface area (Å²) in [4.78, 5) is 24.0. The topological polar surface area (TPSA) is 82.5 Å². The Morgan fingerprint density at radius 1 is 1.06 bits per heavy atom. The van der Waals surface area contributed by atoms with Crippen LogP contribution in [0.5, 0.6) is 0 Å². The van der Waals surface area contributed by atoms with Crippen molar-refractivity contribution in [2.75, 3.05) is 6.61 Å². The Balaban J connectivity index is 1.80. The van der Waals surface area contributed by atoms with Crippen LogP contribution in [0.4, 0.5) is 4.79 Å². The fraction of sp³-hybridized carbons (Fsp3) is 0.320. The zero-order valence-electron chi connectivity index (χ0n) is 19.1. The molecule has 0 bridgehead atoms. The summed E-state index contributed by atoms with van der Waals surface area (Å²) in [6.45, 7) is 9.79. The van der Waals surface area contributed by atoms with Crippen molar-refractivity contribution in [3.8, 4) is 16.8 Å². The molecule has 1 aromatic heterocycles. The maximum atomic E-state index is 12.1. The Morgan fingerprint density at radius 3 is 2.44 bits per heavy atom. The first-order valence-corrected chi connectivity index (χ1v) is 10.6. The molecule has 0 aliphatic rings. The van der Waals surface area contributed by atoms with Gasteiger partial charge in [0.25, 0.3) is 0 Å². The van der Waals surface area contributed by atoms with Crippen molar-refractivity contribution < 1.29 is 19.1 Å². The summed E-state index contributed by atoms with van der Waals surface area (Å²) in [6.07, 6.45) is 1.08. The zero-order valence-corrected chi connectivity index (χ0v) is 19.1. The summed E-state index contributed by atoms with van der Waals surface area (Å²) in [7, 11) is 0. The fourth-order valence-corrected chi connectivity index (χ4v) is 3.25. The number of nitrogens with one attached hydrogen (secondary N) is 1. The van der Waals surface area contributed by atoms with Crippen molar-refractivity contribution in [2.24, 2.45) is 0 Å². The molecule has 0 spiro atoms. The van der Waals surface area contributed by atoms with E-state index in [1.165, 1.54) is 6.20 Å². The molecule has 32 heavy (non-hydrogen) atoms. The highest BCUT2D eigenvalue weighted by Crippen LogP contribution is 2.24. The molecule has 7 heteroatoms. The Morgan fingerprint density at radius 2 is 1.75 bits per heavy atom. The smallest absolute Gasteiger partial charge is 0.407 e. The third-order valence-corrected chi connectivity index (χ3v) is 4.69. The molecule has 1 heterocycles. The number of aromatic nitrogens is 2. The lowest BCUT2D eigenvalue weighted by atomic mass is 10.0. The molecular formula is C25H29N3O4. The normalized spacial score (nSPS) is 11.2. The van der Waals surface area contributed by atoms with Crippen molar-refractivity contribution in [1.82, 2.24) is 15.1 Å². The molecule has 3 rings (SSSR count). The Bertz CT molecular complexity index is 1110. The van der Waals surface area contributed by atoms with Crippen LogP contribution in [0.1, 0.15) is 49.3 Å². The fourth-order valence-electron chi connectivity index (χ4n) is 3.25. The number of alkyl carbamates (subject to hydrolysis) is 1. The van der Waals surface area contributed by atoms with Crippen LogP contribution in [0.15, 0.2) is 54.7 Å². The molecule has 2 aromatic carbocycles. The van der Waals surface area contributed by atoms with Crippen molar-refractivity contribution >= 4 is 12.1 Å². The lowest BCUT2D eigenvalue weighted by molar-refractivity contribution is 0.0514. The quantitative estimate of drug-likeness (QED) is 0.548. The number of carbonyl (C=O) groups is 2. The van der Waals surface area contributed by atoms with Gasteiger partial charge in [-0.15, -0.1) is 0 Å². The van der Waals surface area contributed by atoms with E-state index in [4.69, 9.17) is 9.47 Å². The molecule has 1 amide bonds. The molecule has 1 N–H and O–H groups in total. The number of ether oxygens (including phenoxy) is 2. The van der Waals surface area contributed by atoms with Crippen molar-refractivity contribution in [2.45, 2.75) is 46.8 Å². The predicted molar refractivity (Wildman–Crippen MR) is 123 cm³/mol.